The quantitative estimate of drug-likeness (QED) is 0.809. The molecule has 3 fully saturated rings. The molecule has 1 aliphatic heterocycles. The van der Waals surface area contributed by atoms with Gasteiger partial charge >= 0.3 is 0 Å². The number of nitrogens with zero attached hydrogens (tertiary/aromatic N) is 3. The van der Waals surface area contributed by atoms with Gasteiger partial charge in [0.15, 0.2) is 5.76 Å². The van der Waals surface area contributed by atoms with Crippen molar-refractivity contribution >= 4 is 15.9 Å². The minimum absolute atomic E-state index is 0.167. The molecule has 3 unspecified atom stereocenters. The van der Waals surface area contributed by atoms with Gasteiger partial charge in [-0.3, -0.25) is 4.79 Å². The van der Waals surface area contributed by atoms with E-state index in [0.717, 1.165) is 12.3 Å². The van der Waals surface area contributed by atoms with Gasteiger partial charge in [0.2, 0.25) is 15.9 Å². The number of piperazine rings is 1. The van der Waals surface area contributed by atoms with Gasteiger partial charge in [-0.1, -0.05) is 11.6 Å². The van der Waals surface area contributed by atoms with Crippen molar-refractivity contribution < 1.29 is 17.7 Å². The Bertz CT molecular complexity index is 760. The number of fused-ring (bicyclic) bond motifs is 2. The predicted octanol–water partition coefficient (Wildman–Crippen LogP) is 1.56. The first-order chi connectivity index (χ1) is 11.9. The number of hydrogen-bond donors (Lipinski definition) is 0. The van der Waals surface area contributed by atoms with E-state index in [1.807, 2.05) is 4.90 Å². The summed E-state index contributed by atoms with van der Waals surface area (Å²) in [6.07, 6.45) is 4.69. The van der Waals surface area contributed by atoms with Crippen LogP contribution in [0.2, 0.25) is 0 Å². The topological polar surface area (TPSA) is 83.7 Å². The molecule has 0 spiro atoms. The highest BCUT2D eigenvalue weighted by Gasteiger charge is 2.45. The van der Waals surface area contributed by atoms with Crippen molar-refractivity contribution in [1.82, 2.24) is 14.4 Å². The van der Waals surface area contributed by atoms with E-state index in [-0.39, 0.29) is 16.7 Å². The Morgan fingerprint density at radius 3 is 2.36 bits per heavy atom. The lowest BCUT2D eigenvalue weighted by Gasteiger charge is -2.36. The van der Waals surface area contributed by atoms with E-state index in [1.165, 1.54) is 23.6 Å². The summed E-state index contributed by atoms with van der Waals surface area (Å²) in [6.45, 7) is 4.85. The largest absolute Gasteiger partial charge is 0.360 e. The fraction of sp³-hybridized carbons (Fsp3) is 0.765. The summed E-state index contributed by atoms with van der Waals surface area (Å²) in [6, 6.07) is 0. The molecule has 138 valence electrons. The highest BCUT2D eigenvalue weighted by atomic mass is 32.2. The van der Waals surface area contributed by atoms with Gasteiger partial charge in [0.25, 0.3) is 0 Å². The average molecular weight is 367 g/mol. The van der Waals surface area contributed by atoms with Crippen molar-refractivity contribution in [3.8, 4) is 0 Å². The molecule has 8 heteroatoms. The van der Waals surface area contributed by atoms with Crippen LogP contribution in [0, 0.1) is 31.6 Å². The molecule has 2 bridgehead atoms. The number of aromatic nitrogens is 1. The number of carbonyl (C=O) groups is 1. The van der Waals surface area contributed by atoms with E-state index in [1.54, 1.807) is 13.8 Å². The fourth-order valence-electron chi connectivity index (χ4n) is 4.90. The second-order valence-corrected chi connectivity index (χ2v) is 9.54. The Morgan fingerprint density at radius 1 is 1.12 bits per heavy atom. The van der Waals surface area contributed by atoms with Crippen LogP contribution in [0.1, 0.15) is 37.1 Å². The monoisotopic (exact) mass is 367 g/mol. The van der Waals surface area contributed by atoms with Crippen LogP contribution in [0.4, 0.5) is 0 Å². The van der Waals surface area contributed by atoms with Gasteiger partial charge in [0.05, 0.1) is 0 Å². The van der Waals surface area contributed by atoms with Crippen molar-refractivity contribution in [3.63, 3.8) is 0 Å². The van der Waals surface area contributed by atoms with Crippen molar-refractivity contribution in [2.24, 2.45) is 17.8 Å². The molecule has 1 saturated heterocycles. The third-order valence-corrected chi connectivity index (χ3v) is 8.32. The Labute approximate surface area is 148 Å². The Kier molecular flexibility index (Phi) is 4.15. The van der Waals surface area contributed by atoms with Crippen molar-refractivity contribution in [3.05, 3.63) is 11.5 Å². The molecular weight excluding hydrogens is 342 g/mol. The zero-order valence-electron chi connectivity index (χ0n) is 14.8. The lowest BCUT2D eigenvalue weighted by Crippen LogP contribution is -2.52. The average Bonchev–Trinajstić information content (AvgIpc) is 3.30. The van der Waals surface area contributed by atoms with E-state index >= 15 is 0 Å². The molecular formula is C17H25N3O4S. The molecule has 1 amide bonds. The summed E-state index contributed by atoms with van der Waals surface area (Å²) in [5.41, 5.74) is 0.387. The van der Waals surface area contributed by atoms with Crippen molar-refractivity contribution in [2.75, 3.05) is 26.2 Å². The van der Waals surface area contributed by atoms with E-state index in [4.69, 9.17) is 4.52 Å². The number of hydrogen-bond acceptors (Lipinski definition) is 5. The van der Waals surface area contributed by atoms with Gasteiger partial charge in [-0.25, -0.2) is 8.42 Å². The maximum Gasteiger partial charge on any atom is 0.248 e. The van der Waals surface area contributed by atoms with Gasteiger partial charge in [-0.15, -0.1) is 0 Å². The summed E-state index contributed by atoms with van der Waals surface area (Å²) in [5, 5.41) is 3.75. The first kappa shape index (κ1) is 17.0. The molecule has 0 N–H and O–H groups in total. The van der Waals surface area contributed by atoms with Crippen LogP contribution >= 0.6 is 0 Å². The molecule has 25 heavy (non-hydrogen) atoms. The molecule has 1 aromatic rings. The zero-order chi connectivity index (χ0) is 17.8. The first-order valence-electron chi connectivity index (χ1n) is 9.09. The van der Waals surface area contributed by atoms with Crippen molar-refractivity contribution in [1.29, 1.82) is 0 Å². The van der Waals surface area contributed by atoms with E-state index < -0.39 is 10.0 Å². The fourth-order valence-corrected chi connectivity index (χ4v) is 6.62. The van der Waals surface area contributed by atoms with Crippen LogP contribution in [-0.4, -0.2) is 54.9 Å². The van der Waals surface area contributed by atoms with Gasteiger partial charge in [-0.05, 0) is 44.9 Å². The molecule has 4 rings (SSSR count). The highest BCUT2D eigenvalue weighted by Crippen LogP contribution is 2.48. The third kappa shape index (κ3) is 2.79. The first-order valence-corrected chi connectivity index (χ1v) is 10.5. The summed E-state index contributed by atoms with van der Waals surface area (Å²) in [4.78, 5) is 14.8. The Balaban J connectivity index is 1.42. The minimum Gasteiger partial charge on any atom is -0.360 e. The summed E-state index contributed by atoms with van der Waals surface area (Å²) < 4.78 is 32.2. The predicted molar refractivity (Wildman–Crippen MR) is 90.3 cm³/mol. The lowest BCUT2D eigenvalue weighted by molar-refractivity contribution is -0.138. The van der Waals surface area contributed by atoms with Crippen LogP contribution in [0.5, 0.6) is 0 Å². The maximum atomic E-state index is 12.8. The van der Waals surface area contributed by atoms with E-state index in [2.05, 4.69) is 5.16 Å². The maximum absolute atomic E-state index is 12.8. The number of sulfonamides is 1. The summed E-state index contributed by atoms with van der Waals surface area (Å²) in [5.74, 6) is 2.02. The molecule has 2 aliphatic carbocycles. The number of amides is 1. The van der Waals surface area contributed by atoms with Crippen molar-refractivity contribution in [2.45, 2.75) is 44.4 Å². The molecule has 0 aromatic carbocycles. The van der Waals surface area contributed by atoms with Crippen LogP contribution in [0.15, 0.2) is 9.42 Å². The second kappa shape index (κ2) is 6.09. The molecule has 1 aromatic heterocycles. The molecule has 3 aliphatic rings. The number of carbonyl (C=O) groups excluding carboxylic acids is 1. The second-order valence-electron chi connectivity index (χ2n) is 7.66. The molecule has 2 heterocycles. The molecule has 2 saturated carbocycles. The normalized spacial score (nSPS) is 30.2. The third-order valence-electron chi connectivity index (χ3n) is 6.17. The van der Waals surface area contributed by atoms with Crippen LogP contribution in [0.25, 0.3) is 0 Å². The standard InChI is InChI=1S/C17H25N3O4S/c1-11-16(12(2)24-18-11)25(22,23)20-7-5-19(6-8-20)17(21)15-10-13-3-4-14(15)9-13/h13-15H,3-10H2,1-2H3. The SMILES string of the molecule is Cc1noc(C)c1S(=O)(=O)N1CCN(C(=O)C2CC3CCC2C3)CC1. The van der Waals surface area contributed by atoms with E-state index in [9.17, 15) is 13.2 Å². The zero-order valence-corrected chi connectivity index (χ0v) is 15.6. The summed E-state index contributed by atoms with van der Waals surface area (Å²) >= 11 is 0. The van der Waals surface area contributed by atoms with Crippen LogP contribution in [0.3, 0.4) is 0 Å². The smallest absolute Gasteiger partial charge is 0.248 e. The number of aryl methyl sites for hydroxylation is 2. The molecule has 7 nitrogen and oxygen atoms in total. The van der Waals surface area contributed by atoms with Gasteiger partial charge < -0.3 is 9.42 Å². The van der Waals surface area contributed by atoms with Gasteiger partial charge in [0.1, 0.15) is 10.6 Å². The Hall–Kier alpha value is -1.41. The van der Waals surface area contributed by atoms with Crippen LogP contribution in [-0.2, 0) is 14.8 Å². The lowest BCUT2D eigenvalue weighted by atomic mass is 9.87. The van der Waals surface area contributed by atoms with Crippen LogP contribution < -0.4 is 0 Å². The molecule has 3 atom stereocenters. The van der Waals surface area contributed by atoms with Gasteiger partial charge in [0, 0.05) is 32.1 Å². The summed E-state index contributed by atoms with van der Waals surface area (Å²) in [7, 11) is -3.62. The van der Waals surface area contributed by atoms with Gasteiger partial charge in [-0.2, -0.15) is 4.31 Å². The minimum atomic E-state index is -3.62. The Morgan fingerprint density at radius 2 is 1.84 bits per heavy atom. The molecule has 0 radical (unpaired) electrons. The highest BCUT2D eigenvalue weighted by molar-refractivity contribution is 7.89. The number of rotatable bonds is 3. The van der Waals surface area contributed by atoms with E-state index in [0.29, 0.717) is 43.6 Å².